The maximum Gasteiger partial charge on any atom is 0.252 e. The normalized spacial score (nSPS) is 11.0. The number of hydrogen-bond acceptors (Lipinski definition) is 2. The molecule has 2 heterocycles. The number of carbonyl (C=O) groups excluding carboxylic acids is 1. The Labute approximate surface area is 123 Å². The molecule has 0 saturated carbocycles. The first kappa shape index (κ1) is 13.4. The lowest BCUT2D eigenvalue weighted by atomic mass is 10.1. The number of carbonyl (C=O) groups is 1. The first-order chi connectivity index (χ1) is 10.2. The number of nitrogens with one attached hydrogen (secondary N) is 2. The van der Waals surface area contributed by atoms with E-state index in [0.717, 1.165) is 28.6 Å². The molecule has 0 radical (unpaired) electrons. The molecule has 0 unspecified atom stereocenters. The van der Waals surface area contributed by atoms with Gasteiger partial charge in [0.05, 0.1) is 5.69 Å². The molecule has 0 aliphatic rings. The molecule has 1 aromatic carbocycles. The molecule has 0 aliphatic carbocycles. The zero-order chi connectivity index (χ0) is 14.8. The summed E-state index contributed by atoms with van der Waals surface area (Å²) in [7, 11) is 1.89. The maximum absolute atomic E-state index is 12.4. The summed E-state index contributed by atoms with van der Waals surface area (Å²) in [5.74, 6) is -0.0638. The highest BCUT2D eigenvalue weighted by Gasteiger charge is 2.12. The summed E-state index contributed by atoms with van der Waals surface area (Å²) in [5.41, 5.74) is 3.75. The first-order valence-electron chi connectivity index (χ1n) is 7.04. The van der Waals surface area contributed by atoms with Crippen molar-refractivity contribution in [3.8, 4) is 0 Å². The van der Waals surface area contributed by atoms with Gasteiger partial charge in [0.15, 0.2) is 0 Å². The molecule has 108 valence electrons. The number of aromatic nitrogens is 3. The van der Waals surface area contributed by atoms with Crippen LogP contribution in [0.2, 0.25) is 0 Å². The van der Waals surface area contributed by atoms with Crippen LogP contribution in [0.4, 0.5) is 0 Å². The Morgan fingerprint density at radius 3 is 3.05 bits per heavy atom. The fourth-order valence-electron chi connectivity index (χ4n) is 2.58. The predicted octanol–water partition coefficient (Wildman–Crippen LogP) is 2.39. The fourth-order valence-corrected chi connectivity index (χ4v) is 2.58. The molecular weight excluding hydrogens is 264 g/mol. The van der Waals surface area contributed by atoms with Gasteiger partial charge in [-0.05, 0) is 24.6 Å². The van der Waals surface area contributed by atoms with Crippen LogP contribution in [0.5, 0.6) is 0 Å². The Morgan fingerprint density at radius 2 is 2.24 bits per heavy atom. The average Bonchev–Trinajstić information content (AvgIpc) is 3.10. The number of aromatic amines is 1. The van der Waals surface area contributed by atoms with E-state index in [1.54, 1.807) is 4.68 Å². The summed E-state index contributed by atoms with van der Waals surface area (Å²) in [6, 6.07) is 7.61. The summed E-state index contributed by atoms with van der Waals surface area (Å²) >= 11 is 0. The van der Waals surface area contributed by atoms with Gasteiger partial charge in [-0.3, -0.25) is 9.48 Å². The van der Waals surface area contributed by atoms with E-state index in [4.69, 9.17) is 0 Å². The molecule has 2 aromatic heterocycles. The molecule has 5 heteroatoms. The van der Waals surface area contributed by atoms with E-state index in [1.165, 1.54) is 0 Å². The highest BCUT2D eigenvalue weighted by molar-refractivity contribution is 6.06. The van der Waals surface area contributed by atoms with Gasteiger partial charge in [0.1, 0.15) is 0 Å². The largest absolute Gasteiger partial charge is 0.361 e. The van der Waals surface area contributed by atoms with Crippen molar-refractivity contribution in [3.05, 3.63) is 53.5 Å². The van der Waals surface area contributed by atoms with Crippen LogP contribution < -0.4 is 5.32 Å². The number of nitrogens with zero attached hydrogens (tertiary/aromatic N) is 2. The lowest BCUT2D eigenvalue weighted by Crippen LogP contribution is -2.23. The van der Waals surface area contributed by atoms with Gasteiger partial charge in [-0.15, -0.1) is 0 Å². The number of hydrogen-bond donors (Lipinski definition) is 2. The number of rotatable bonds is 4. The highest BCUT2D eigenvalue weighted by atomic mass is 16.1. The molecule has 21 heavy (non-hydrogen) atoms. The van der Waals surface area contributed by atoms with Crippen molar-refractivity contribution in [2.75, 3.05) is 0 Å². The molecule has 0 saturated heterocycles. The quantitative estimate of drug-likeness (QED) is 0.772. The molecule has 5 nitrogen and oxygen atoms in total. The van der Waals surface area contributed by atoms with Gasteiger partial charge >= 0.3 is 0 Å². The van der Waals surface area contributed by atoms with Crippen LogP contribution in [0, 0.1) is 0 Å². The maximum atomic E-state index is 12.4. The van der Waals surface area contributed by atoms with Crippen LogP contribution >= 0.6 is 0 Å². The third-order valence-corrected chi connectivity index (χ3v) is 3.61. The van der Waals surface area contributed by atoms with Crippen molar-refractivity contribution in [3.63, 3.8) is 0 Å². The van der Waals surface area contributed by atoms with E-state index in [-0.39, 0.29) is 5.91 Å². The highest BCUT2D eigenvalue weighted by Crippen LogP contribution is 2.17. The van der Waals surface area contributed by atoms with Crippen molar-refractivity contribution >= 4 is 16.8 Å². The molecule has 3 aromatic rings. The molecule has 3 rings (SSSR count). The van der Waals surface area contributed by atoms with Crippen LogP contribution in [0.15, 0.2) is 36.7 Å². The van der Waals surface area contributed by atoms with E-state index < -0.39 is 0 Å². The molecular formula is C16H18N4O. The minimum atomic E-state index is -0.0638. The summed E-state index contributed by atoms with van der Waals surface area (Å²) in [6.45, 7) is 2.56. The smallest absolute Gasteiger partial charge is 0.252 e. The van der Waals surface area contributed by atoms with Crippen molar-refractivity contribution < 1.29 is 4.79 Å². The van der Waals surface area contributed by atoms with Crippen LogP contribution in [0.1, 0.15) is 28.5 Å². The van der Waals surface area contributed by atoms with E-state index in [1.807, 2.05) is 43.7 Å². The molecule has 0 spiro atoms. The van der Waals surface area contributed by atoms with Crippen molar-refractivity contribution in [2.24, 2.45) is 7.05 Å². The Hall–Kier alpha value is -2.56. The van der Waals surface area contributed by atoms with Gasteiger partial charge in [0, 0.05) is 48.0 Å². The van der Waals surface area contributed by atoms with Crippen LogP contribution in [0.3, 0.4) is 0 Å². The summed E-state index contributed by atoms with van der Waals surface area (Å²) in [5, 5.41) is 8.30. The molecule has 0 fully saturated rings. The first-order valence-corrected chi connectivity index (χ1v) is 7.04. The molecule has 0 bridgehead atoms. The summed E-state index contributed by atoms with van der Waals surface area (Å²) < 4.78 is 1.78. The van der Waals surface area contributed by atoms with Gasteiger partial charge in [-0.25, -0.2) is 0 Å². The Balaban J connectivity index is 1.79. The topological polar surface area (TPSA) is 62.7 Å². The molecule has 1 amide bonds. The number of benzene rings is 1. The van der Waals surface area contributed by atoms with E-state index in [0.29, 0.717) is 12.1 Å². The van der Waals surface area contributed by atoms with Crippen LogP contribution in [-0.2, 0) is 20.0 Å². The number of aryl methyl sites for hydroxylation is 2. The minimum Gasteiger partial charge on any atom is -0.361 e. The van der Waals surface area contributed by atoms with Gasteiger partial charge in [0.2, 0.25) is 0 Å². The molecule has 0 atom stereocenters. The third kappa shape index (κ3) is 2.54. The monoisotopic (exact) mass is 282 g/mol. The summed E-state index contributed by atoms with van der Waals surface area (Å²) in [4.78, 5) is 15.5. The SMILES string of the molecule is CCc1nn(C)cc1CNC(=O)c1cccc2[nH]ccc12. The van der Waals surface area contributed by atoms with Gasteiger partial charge < -0.3 is 10.3 Å². The Bertz CT molecular complexity index is 785. The van der Waals surface area contributed by atoms with Crippen LogP contribution in [0.25, 0.3) is 10.9 Å². The van der Waals surface area contributed by atoms with Gasteiger partial charge in [0.25, 0.3) is 5.91 Å². The molecule has 0 aliphatic heterocycles. The fraction of sp³-hybridized carbons (Fsp3) is 0.250. The standard InChI is InChI=1S/C16H18N4O/c1-3-14-11(10-20(2)19-14)9-18-16(21)13-5-4-6-15-12(13)7-8-17-15/h4-8,10,17H,3,9H2,1-2H3,(H,18,21). The van der Waals surface area contributed by atoms with Crippen molar-refractivity contribution in [2.45, 2.75) is 19.9 Å². The van der Waals surface area contributed by atoms with E-state index in [9.17, 15) is 4.79 Å². The second-order valence-corrected chi connectivity index (χ2v) is 5.06. The number of fused-ring (bicyclic) bond motifs is 1. The lowest BCUT2D eigenvalue weighted by molar-refractivity contribution is 0.0952. The average molecular weight is 282 g/mol. The number of amides is 1. The summed E-state index contributed by atoms with van der Waals surface area (Å²) in [6.07, 6.45) is 4.66. The minimum absolute atomic E-state index is 0.0638. The van der Waals surface area contributed by atoms with E-state index >= 15 is 0 Å². The zero-order valence-electron chi connectivity index (χ0n) is 12.2. The van der Waals surface area contributed by atoms with Gasteiger partial charge in [-0.2, -0.15) is 5.10 Å². The van der Waals surface area contributed by atoms with Crippen LogP contribution in [-0.4, -0.2) is 20.7 Å². The Kier molecular flexibility index (Phi) is 3.48. The second-order valence-electron chi connectivity index (χ2n) is 5.06. The lowest BCUT2D eigenvalue weighted by Gasteiger charge is -2.06. The van der Waals surface area contributed by atoms with Crippen molar-refractivity contribution in [1.29, 1.82) is 0 Å². The number of H-pyrrole nitrogens is 1. The predicted molar refractivity (Wildman–Crippen MR) is 82.1 cm³/mol. The second kappa shape index (κ2) is 5.44. The van der Waals surface area contributed by atoms with E-state index in [2.05, 4.69) is 22.3 Å². The molecule has 2 N–H and O–H groups in total. The van der Waals surface area contributed by atoms with Gasteiger partial charge in [-0.1, -0.05) is 13.0 Å². The third-order valence-electron chi connectivity index (χ3n) is 3.61. The zero-order valence-corrected chi connectivity index (χ0v) is 12.2. The van der Waals surface area contributed by atoms with Crippen molar-refractivity contribution in [1.82, 2.24) is 20.1 Å². The Morgan fingerprint density at radius 1 is 1.38 bits per heavy atom.